The Kier molecular flexibility index (Phi) is 4.30. The number of nitrogens with one attached hydrogen (secondary N) is 1. The Morgan fingerprint density at radius 1 is 0.778 bits per heavy atom. The predicted molar refractivity (Wildman–Crippen MR) is 106 cm³/mol. The highest BCUT2D eigenvalue weighted by molar-refractivity contribution is 5.55. The summed E-state index contributed by atoms with van der Waals surface area (Å²) in [5.41, 5.74) is 5.01. The van der Waals surface area contributed by atoms with Crippen molar-refractivity contribution in [1.29, 1.82) is 0 Å². The van der Waals surface area contributed by atoms with Crippen molar-refractivity contribution in [3.63, 3.8) is 0 Å². The Morgan fingerprint density at radius 3 is 2.15 bits per heavy atom. The topological polar surface area (TPSA) is 40.4 Å². The van der Waals surface area contributed by atoms with E-state index in [0.717, 1.165) is 23.5 Å². The van der Waals surface area contributed by atoms with Crippen molar-refractivity contribution in [2.75, 3.05) is 0 Å². The Labute approximate surface area is 160 Å². The molecule has 1 N–H and O–H groups in total. The molecule has 1 heterocycles. The summed E-state index contributed by atoms with van der Waals surface area (Å²) in [6.45, 7) is 1.10. The molecule has 0 saturated carbocycles. The summed E-state index contributed by atoms with van der Waals surface area (Å²) in [6.07, 6.45) is 2.21. The Morgan fingerprint density at radius 2 is 1.44 bits per heavy atom. The fourth-order valence-corrected chi connectivity index (χ4v) is 3.94. The molecule has 0 amide bonds. The standard InChI is InChI=1S/C24H23NO2/c1-3-7-17(8-4-1)15-26-22-14-12-19-20(11-13-21-23(19)25-21)24(22)27-16-18-9-5-2-6-10-18/h1-10,12,14,21,23,25H,11,13,15-16H2. The lowest BCUT2D eigenvalue weighted by Crippen LogP contribution is -2.09. The van der Waals surface area contributed by atoms with Crippen LogP contribution in [0.1, 0.15) is 34.7 Å². The van der Waals surface area contributed by atoms with Gasteiger partial charge in [-0.1, -0.05) is 66.7 Å². The minimum Gasteiger partial charge on any atom is -0.485 e. The largest absolute Gasteiger partial charge is 0.485 e. The van der Waals surface area contributed by atoms with Crippen molar-refractivity contribution in [2.45, 2.75) is 38.1 Å². The minimum absolute atomic E-state index is 0.496. The van der Waals surface area contributed by atoms with Crippen molar-refractivity contribution in [3.8, 4) is 11.5 Å². The number of rotatable bonds is 6. The SMILES string of the molecule is c1ccc(COc2ccc3c(c2OCc2ccccc2)CCC2NC32)cc1. The molecular formula is C24H23NO2. The van der Waals surface area contributed by atoms with Gasteiger partial charge in [0.25, 0.3) is 0 Å². The van der Waals surface area contributed by atoms with Gasteiger partial charge in [0.2, 0.25) is 0 Å². The Bertz CT molecular complexity index is 924. The molecule has 136 valence electrons. The second kappa shape index (κ2) is 7.09. The number of fused-ring (bicyclic) bond motifs is 3. The van der Waals surface area contributed by atoms with Crippen LogP contribution in [-0.2, 0) is 19.6 Å². The van der Waals surface area contributed by atoms with E-state index in [2.05, 4.69) is 41.7 Å². The number of hydrogen-bond donors (Lipinski definition) is 1. The minimum atomic E-state index is 0.496. The average Bonchev–Trinajstić information content (AvgIpc) is 3.52. The monoisotopic (exact) mass is 357 g/mol. The molecule has 2 aliphatic rings. The van der Waals surface area contributed by atoms with E-state index in [1.54, 1.807) is 0 Å². The van der Waals surface area contributed by atoms with Crippen LogP contribution in [0.25, 0.3) is 0 Å². The molecular weight excluding hydrogens is 334 g/mol. The van der Waals surface area contributed by atoms with E-state index >= 15 is 0 Å². The summed E-state index contributed by atoms with van der Waals surface area (Å²) in [4.78, 5) is 0. The third-order valence-corrected chi connectivity index (χ3v) is 5.45. The molecule has 3 nitrogen and oxygen atoms in total. The number of benzene rings is 3. The van der Waals surface area contributed by atoms with Crippen molar-refractivity contribution >= 4 is 0 Å². The van der Waals surface area contributed by atoms with Crippen LogP contribution in [0.5, 0.6) is 11.5 Å². The zero-order valence-electron chi connectivity index (χ0n) is 15.2. The molecule has 5 rings (SSSR count). The third-order valence-electron chi connectivity index (χ3n) is 5.45. The van der Waals surface area contributed by atoms with Gasteiger partial charge in [-0.15, -0.1) is 0 Å². The van der Waals surface area contributed by atoms with Gasteiger partial charge in [-0.25, -0.2) is 0 Å². The van der Waals surface area contributed by atoms with Gasteiger partial charge in [0, 0.05) is 17.6 Å². The van der Waals surface area contributed by atoms with Crippen LogP contribution >= 0.6 is 0 Å². The first-order chi connectivity index (χ1) is 13.4. The maximum absolute atomic E-state index is 6.32. The Hall–Kier alpha value is -2.78. The van der Waals surface area contributed by atoms with E-state index in [0.29, 0.717) is 25.3 Å². The van der Waals surface area contributed by atoms with Crippen LogP contribution in [-0.4, -0.2) is 6.04 Å². The maximum atomic E-state index is 6.32. The van der Waals surface area contributed by atoms with Crippen LogP contribution in [0, 0.1) is 0 Å². The molecule has 0 bridgehead atoms. The Balaban J connectivity index is 1.42. The average molecular weight is 357 g/mol. The number of hydrogen-bond acceptors (Lipinski definition) is 3. The van der Waals surface area contributed by atoms with Crippen LogP contribution in [0.15, 0.2) is 72.8 Å². The van der Waals surface area contributed by atoms with Crippen molar-refractivity contribution in [2.24, 2.45) is 0 Å². The van der Waals surface area contributed by atoms with Gasteiger partial charge in [0.05, 0.1) is 0 Å². The fourth-order valence-electron chi connectivity index (χ4n) is 3.94. The molecule has 0 spiro atoms. The molecule has 2 atom stereocenters. The van der Waals surface area contributed by atoms with Crippen molar-refractivity contribution in [1.82, 2.24) is 5.32 Å². The van der Waals surface area contributed by atoms with E-state index in [4.69, 9.17) is 9.47 Å². The van der Waals surface area contributed by atoms with Gasteiger partial charge in [-0.2, -0.15) is 0 Å². The van der Waals surface area contributed by atoms with Gasteiger partial charge in [0.1, 0.15) is 13.2 Å². The number of ether oxygens (including phenoxy) is 2. The molecule has 1 saturated heterocycles. The molecule has 0 radical (unpaired) electrons. The first kappa shape index (κ1) is 16.4. The van der Waals surface area contributed by atoms with Gasteiger partial charge in [-0.05, 0) is 35.6 Å². The highest BCUT2D eigenvalue weighted by atomic mass is 16.5. The lowest BCUT2D eigenvalue weighted by Gasteiger charge is -2.21. The first-order valence-electron chi connectivity index (χ1n) is 9.64. The van der Waals surface area contributed by atoms with Gasteiger partial charge in [0.15, 0.2) is 11.5 Å². The van der Waals surface area contributed by atoms with Crippen molar-refractivity contribution < 1.29 is 9.47 Å². The lowest BCUT2D eigenvalue weighted by atomic mass is 9.90. The molecule has 0 aromatic heterocycles. The fraction of sp³-hybridized carbons (Fsp3) is 0.250. The zero-order chi connectivity index (χ0) is 18.1. The molecule has 3 heteroatoms. The second-order valence-electron chi connectivity index (χ2n) is 7.30. The van der Waals surface area contributed by atoms with Crippen LogP contribution < -0.4 is 14.8 Å². The first-order valence-corrected chi connectivity index (χ1v) is 9.64. The molecule has 27 heavy (non-hydrogen) atoms. The summed E-state index contributed by atoms with van der Waals surface area (Å²) < 4.78 is 12.5. The predicted octanol–water partition coefficient (Wildman–Crippen LogP) is 4.80. The highest BCUT2D eigenvalue weighted by Crippen LogP contribution is 2.46. The van der Waals surface area contributed by atoms with E-state index in [1.807, 2.05) is 36.4 Å². The normalized spacial score (nSPS) is 19.7. The smallest absolute Gasteiger partial charge is 0.165 e. The van der Waals surface area contributed by atoms with E-state index < -0.39 is 0 Å². The van der Waals surface area contributed by atoms with Crippen LogP contribution in [0.4, 0.5) is 0 Å². The molecule has 1 aliphatic carbocycles. The molecule has 3 aromatic rings. The van der Waals surface area contributed by atoms with E-state index in [1.165, 1.54) is 23.1 Å². The molecule has 2 unspecified atom stereocenters. The summed E-state index contributed by atoms with van der Waals surface area (Å²) >= 11 is 0. The molecule has 1 fully saturated rings. The van der Waals surface area contributed by atoms with Gasteiger partial charge >= 0.3 is 0 Å². The quantitative estimate of drug-likeness (QED) is 0.644. The second-order valence-corrected chi connectivity index (χ2v) is 7.30. The summed E-state index contributed by atoms with van der Waals surface area (Å²) in [7, 11) is 0. The summed E-state index contributed by atoms with van der Waals surface area (Å²) in [5.74, 6) is 1.76. The zero-order valence-corrected chi connectivity index (χ0v) is 15.2. The maximum Gasteiger partial charge on any atom is 0.165 e. The third kappa shape index (κ3) is 3.43. The summed E-state index contributed by atoms with van der Waals surface area (Å²) in [5, 5.41) is 3.57. The van der Waals surface area contributed by atoms with Crippen LogP contribution in [0.2, 0.25) is 0 Å². The van der Waals surface area contributed by atoms with E-state index in [-0.39, 0.29) is 0 Å². The lowest BCUT2D eigenvalue weighted by molar-refractivity contribution is 0.253. The highest BCUT2D eigenvalue weighted by Gasteiger charge is 2.42. The van der Waals surface area contributed by atoms with Gasteiger partial charge < -0.3 is 14.8 Å². The molecule has 1 aliphatic heterocycles. The van der Waals surface area contributed by atoms with Gasteiger partial charge in [-0.3, -0.25) is 0 Å². The summed E-state index contributed by atoms with van der Waals surface area (Å²) in [6, 6.07) is 26.0. The van der Waals surface area contributed by atoms with Crippen molar-refractivity contribution in [3.05, 3.63) is 95.1 Å². The van der Waals surface area contributed by atoms with Crippen LogP contribution in [0.3, 0.4) is 0 Å². The molecule has 3 aromatic carbocycles. The van der Waals surface area contributed by atoms with E-state index in [9.17, 15) is 0 Å².